The third-order valence-corrected chi connectivity index (χ3v) is 9.12. The first-order valence-electron chi connectivity index (χ1n) is 13.6. The molecule has 0 aliphatic carbocycles. The average Bonchev–Trinajstić information content (AvgIpc) is 3.50. The van der Waals surface area contributed by atoms with Crippen molar-refractivity contribution in [2.45, 2.75) is 26.4 Å². The maximum Gasteiger partial charge on any atom is 0.338 e. The molecule has 0 amide bonds. The van der Waals surface area contributed by atoms with Crippen molar-refractivity contribution in [2.75, 3.05) is 13.7 Å². The highest BCUT2D eigenvalue weighted by Crippen LogP contribution is 2.35. The molecule has 3 aromatic carbocycles. The summed E-state index contributed by atoms with van der Waals surface area (Å²) in [7, 11) is 1.57. The Balaban J connectivity index is 1.52. The maximum atomic E-state index is 14.2. The van der Waals surface area contributed by atoms with Gasteiger partial charge in [0.2, 0.25) is 0 Å². The molecule has 5 aromatic rings. The first-order valence-corrected chi connectivity index (χ1v) is 15.2. The number of fused-ring (bicyclic) bond motifs is 2. The number of hydrogen-bond acceptors (Lipinski definition) is 6. The molecule has 3 heterocycles. The molecule has 0 saturated carbocycles. The van der Waals surface area contributed by atoms with E-state index in [0.717, 1.165) is 22.0 Å². The van der Waals surface area contributed by atoms with Crippen LogP contribution in [-0.2, 0) is 16.1 Å². The van der Waals surface area contributed by atoms with E-state index in [2.05, 4.69) is 4.57 Å². The Labute approximate surface area is 261 Å². The SMILES string of the molecule is CCOC(=O)C1=C(C)N=c2s/c(=C/c3cn(Cc4ccc(Cl)c(Cl)c4)c4ccccc34)c(=O)n2C1c1ccccc1OC. The smallest absolute Gasteiger partial charge is 0.338 e. The summed E-state index contributed by atoms with van der Waals surface area (Å²) in [4.78, 5) is 32.6. The first-order chi connectivity index (χ1) is 20.8. The zero-order valence-electron chi connectivity index (χ0n) is 23.6. The van der Waals surface area contributed by atoms with Gasteiger partial charge in [0.15, 0.2) is 4.80 Å². The number of aromatic nitrogens is 2. The van der Waals surface area contributed by atoms with E-state index in [1.54, 1.807) is 31.6 Å². The first kappa shape index (κ1) is 29.0. The Hall–Kier alpha value is -4.11. The van der Waals surface area contributed by atoms with Crippen LogP contribution in [0.2, 0.25) is 10.0 Å². The van der Waals surface area contributed by atoms with Crippen LogP contribution in [0.1, 0.15) is 36.6 Å². The number of ether oxygens (including phenoxy) is 2. The van der Waals surface area contributed by atoms with Crippen molar-refractivity contribution in [1.29, 1.82) is 0 Å². The number of carbonyl (C=O) groups is 1. The van der Waals surface area contributed by atoms with Gasteiger partial charge in [-0.1, -0.05) is 77.0 Å². The summed E-state index contributed by atoms with van der Waals surface area (Å²) in [5.74, 6) is 0.0447. The number of allylic oxidation sites excluding steroid dienone is 1. The molecule has 218 valence electrons. The lowest BCUT2D eigenvalue weighted by atomic mass is 9.95. The zero-order chi connectivity index (χ0) is 30.2. The van der Waals surface area contributed by atoms with Crippen LogP contribution in [0.3, 0.4) is 0 Å². The number of benzene rings is 3. The standard InChI is InChI=1S/C33H27Cl2N3O4S/c1-4-42-32(40)29-19(2)36-33-38(30(29)23-10-6-8-12-27(23)41-3)31(39)28(43-33)16-21-18-37(26-11-7-5-9-22(21)26)17-20-13-14-24(34)25(35)15-20/h5-16,18,30H,4,17H2,1-3H3/b28-16+. The molecule has 0 spiro atoms. The highest BCUT2D eigenvalue weighted by molar-refractivity contribution is 7.07. The molecule has 0 fully saturated rings. The number of rotatable bonds is 7. The summed E-state index contributed by atoms with van der Waals surface area (Å²) in [6, 6.07) is 20.2. The number of hydrogen-bond donors (Lipinski definition) is 0. The van der Waals surface area contributed by atoms with Crippen molar-refractivity contribution < 1.29 is 14.3 Å². The second-order valence-electron chi connectivity index (χ2n) is 10.0. The lowest BCUT2D eigenvalue weighted by Gasteiger charge is -2.25. The number of carbonyl (C=O) groups excluding carboxylic acids is 1. The van der Waals surface area contributed by atoms with E-state index in [-0.39, 0.29) is 12.2 Å². The normalized spacial score (nSPS) is 15.0. The highest BCUT2D eigenvalue weighted by Gasteiger charge is 2.35. The van der Waals surface area contributed by atoms with E-state index in [1.807, 2.05) is 72.9 Å². The number of thiazole rings is 1. The van der Waals surface area contributed by atoms with E-state index < -0.39 is 12.0 Å². The molecule has 43 heavy (non-hydrogen) atoms. The van der Waals surface area contributed by atoms with Gasteiger partial charge in [0.1, 0.15) is 11.8 Å². The molecule has 7 nitrogen and oxygen atoms in total. The van der Waals surface area contributed by atoms with E-state index in [1.165, 1.54) is 11.3 Å². The minimum Gasteiger partial charge on any atom is -0.496 e. The van der Waals surface area contributed by atoms with Crippen LogP contribution in [0.15, 0.2) is 94.0 Å². The monoisotopic (exact) mass is 631 g/mol. The fourth-order valence-corrected chi connectivity index (χ4v) is 6.83. The van der Waals surface area contributed by atoms with Gasteiger partial charge in [-0.05, 0) is 49.8 Å². The molecule has 0 saturated heterocycles. The predicted molar refractivity (Wildman–Crippen MR) is 171 cm³/mol. The minimum atomic E-state index is -0.760. The third kappa shape index (κ3) is 5.31. The number of para-hydroxylation sites is 2. The quantitative estimate of drug-likeness (QED) is 0.203. The van der Waals surface area contributed by atoms with Crippen molar-refractivity contribution in [3.8, 4) is 5.75 Å². The van der Waals surface area contributed by atoms with Gasteiger partial charge in [0.25, 0.3) is 5.56 Å². The van der Waals surface area contributed by atoms with E-state index in [9.17, 15) is 9.59 Å². The van der Waals surface area contributed by atoms with Gasteiger partial charge in [-0.25, -0.2) is 9.79 Å². The molecule has 6 rings (SSSR count). The summed E-state index contributed by atoms with van der Waals surface area (Å²) >= 11 is 13.7. The van der Waals surface area contributed by atoms with Gasteiger partial charge in [-0.15, -0.1) is 0 Å². The Morgan fingerprint density at radius 3 is 2.60 bits per heavy atom. The second-order valence-corrected chi connectivity index (χ2v) is 11.8. The second kappa shape index (κ2) is 11.9. The number of esters is 1. The summed E-state index contributed by atoms with van der Waals surface area (Å²) in [6.45, 7) is 4.29. The van der Waals surface area contributed by atoms with Crippen LogP contribution in [0.25, 0.3) is 17.0 Å². The molecule has 1 unspecified atom stereocenters. The summed E-state index contributed by atoms with van der Waals surface area (Å²) < 4.78 is 15.3. The molecule has 0 radical (unpaired) electrons. The highest BCUT2D eigenvalue weighted by atomic mass is 35.5. The van der Waals surface area contributed by atoms with Gasteiger partial charge in [0.05, 0.1) is 39.6 Å². The molecule has 2 aromatic heterocycles. The van der Waals surface area contributed by atoms with E-state index >= 15 is 0 Å². The Morgan fingerprint density at radius 2 is 1.84 bits per heavy atom. The van der Waals surface area contributed by atoms with Crippen molar-refractivity contribution in [3.63, 3.8) is 0 Å². The average molecular weight is 633 g/mol. The molecule has 0 N–H and O–H groups in total. The molecule has 1 aliphatic heterocycles. The molecule has 1 atom stereocenters. The van der Waals surface area contributed by atoms with Gasteiger partial charge in [-0.2, -0.15) is 0 Å². The van der Waals surface area contributed by atoms with Gasteiger partial charge in [0, 0.05) is 34.8 Å². The lowest BCUT2D eigenvalue weighted by molar-refractivity contribution is -0.139. The van der Waals surface area contributed by atoms with Gasteiger partial charge < -0.3 is 14.0 Å². The molecule has 1 aliphatic rings. The minimum absolute atomic E-state index is 0.199. The van der Waals surface area contributed by atoms with Crippen molar-refractivity contribution >= 4 is 57.5 Å². The number of methoxy groups -OCH3 is 1. The van der Waals surface area contributed by atoms with Crippen LogP contribution < -0.4 is 19.6 Å². The van der Waals surface area contributed by atoms with Crippen molar-refractivity contribution in [1.82, 2.24) is 9.13 Å². The van der Waals surface area contributed by atoms with Crippen LogP contribution in [0, 0.1) is 0 Å². The fourth-order valence-electron chi connectivity index (χ4n) is 5.48. The predicted octanol–water partition coefficient (Wildman–Crippen LogP) is 6.12. The zero-order valence-corrected chi connectivity index (χ0v) is 26.0. The Bertz CT molecular complexity index is 2110. The summed E-state index contributed by atoms with van der Waals surface area (Å²) in [5, 5.41) is 2.00. The Kier molecular flexibility index (Phi) is 8.01. The topological polar surface area (TPSA) is 74.8 Å². The lowest BCUT2D eigenvalue weighted by Crippen LogP contribution is -2.40. The van der Waals surface area contributed by atoms with Crippen LogP contribution in [0.5, 0.6) is 5.75 Å². The largest absolute Gasteiger partial charge is 0.496 e. The fraction of sp³-hybridized carbons (Fsp3) is 0.182. The maximum absolute atomic E-state index is 14.2. The third-order valence-electron chi connectivity index (χ3n) is 7.39. The van der Waals surface area contributed by atoms with Gasteiger partial charge >= 0.3 is 5.97 Å². The van der Waals surface area contributed by atoms with Crippen molar-refractivity contribution in [2.24, 2.45) is 4.99 Å². The van der Waals surface area contributed by atoms with Gasteiger partial charge in [-0.3, -0.25) is 9.36 Å². The summed E-state index contributed by atoms with van der Waals surface area (Å²) in [5.41, 5.74) is 4.13. The molecule has 10 heteroatoms. The van der Waals surface area contributed by atoms with Crippen molar-refractivity contribution in [3.05, 3.63) is 131 Å². The van der Waals surface area contributed by atoms with E-state index in [0.29, 0.717) is 48.5 Å². The Morgan fingerprint density at radius 1 is 1.07 bits per heavy atom. The molecular weight excluding hydrogens is 605 g/mol. The van der Waals surface area contributed by atoms with Crippen LogP contribution in [0.4, 0.5) is 0 Å². The number of halogens is 2. The van der Waals surface area contributed by atoms with Crippen LogP contribution >= 0.6 is 34.5 Å². The van der Waals surface area contributed by atoms with Crippen LogP contribution in [-0.4, -0.2) is 28.8 Å². The molecular formula is C33H27Cl2N3O4S. The summed E-state index contributed by atoms with van der Waals surface area (Å²) in [6.07, 6.45) is 3.92. The molecule has 0 bridgehead atoms. The number of nitrogens with zero attached hydrogens (tertiary/aromatic N) is 3. The van der Waals surface area contributed by atoms with E-state index in [4.69, 9.17) is 37.7 Å².